The number of carboxylic acid groups (broad SMARTS) is 1. The zero-order chi connectivity index (χ0) is 10.8. The van der Waals surface area contributed by atoms with E-state index >= 15 is 0 Å². The molecule has 5 heteroatoms. The van der Waals surface area contributed by atoms with Crippen LogP contribution in [0.3, 0.4) is 0 Å². The summed E-state index contributed by atoms with van der Waals surface area (Å²) in [5.41, 5.74) is -0.778. The highest BCUT2D eigenvalue weighted by molar-refractivity contribution is 5.82. The molecule has 0 aromatic carbocycles. The van der Waals surface area contributed by atoms with Crippen LogP contribution in [0.4, 0.5) is 0 Å². The summed E-state index contributed by atoms with van der Waals surface area (Å²) in [7, 11) is 0. The van der Waals surface area contributed by atoms with Crippen LogP contribution >= 0.6 is 0 Å². The van der Waals surface area contributed by atoms with Crippen LogP contribution in [0.25, 0.3) is 0 Å². The normalized spacial score (nSPS) is 14.8. The summed E-state index contributed by atoms with van der Waals surface area (Å²) in [4.78, 5) is 17.9. The van der Waals surface area contributed by atoms with E-state index in [1.165, 1.54) is 12.3 Å². The van der Waals surface area contributed by atoms with Crippen molar-refractivity contribution in [2.24, 2.45) is 0 Å². The van der Waals surface area contributed by atoms with Gasteiger partial charge in [-0.1, -0.05) is 6.92 Å². The second-order valence-electron chi connectivity index (χ2n) is 3.20. The Balaban J connectivity index is 3.12. The van der Waals surface area contributed by atoms with E-state index < -0.39 is 11.6 Å². The van der Waals surface area contributed by atoms with Gasteiger partial charge in [0.25, 0.3) is 0 Å². The summed E-state index contributed by atoms with van der Waals surface area (Å²) in [5, 5.41) is 18.5. The Morgan fingerprint density at radius 3 is 2.79 bits per heavy atom. The third kappa shape index (κ3) is 2.05. The molecule has 1 aromatic rings. The lowest BCUT2D eigenvalue weighted by molar-refractivity contribution is 0.0476. The van der Waals surface area contributed by atoms with Crippen molar-refractivity contribution in [3.8, 4) is 0 Å². The van der Waals surface area contributed by atoms with Crippen LogP contribution in [0.5, 0.6) is 0 Å². The first-order valence-corrected chi connectivity index (χ1v) is 4.26. The van der Waals surface area contributed by atoms with E-state index in [9.17, 15) is 9.90 Å². The van der Waals surface area contributed by atoms with Gasteiger partial charge in [-0.05, 0) is 19.4 Å². The van der Waals surface area contributed by atoms with Gasteiger partial charge in [-0.3, -0.25) is 0 Å². The molecule has 5 nitrogen and oxygen atoms in total. The Morgan fingerprint density at radius 2 is 2.29 bits per heavy atom. The maximum Gasteiger partial charge on any atom is 0.373 e. The molecule has 1 aromatic heterocycles. The molecule has 14 heavy (non-hydrogen) atoms. The fourth-order valence-electron chi connectivity index (χ4n) is 0.943. The number of rotatable bonds is 3. The van der Waals surface area contributed by atoms with Crippen molar-refractivity contribution in [1.82, 2.24) is 9.97 Å². The van der Waals surface area contributed by atoms with Gasteiger partial charge in [-0.15, -0.1) is 0 Å². The topological polar surface area (TPSA) is 83.3 Å². The van der Waals surface area contributed by atoms with Crippen molar-refractivity contribution < 1.29 is 15.0 Å². The van der Waals surface area contributed by atoms with Gasteiger partial charge in [0, 0.05) is 6.20 Å². The van der Waals surface area contributed by atoms with E-state index in [0.717, 1.165) is 0 Å². The molecule has 1 heterocycles. The summed E-state index contributed by atoms with van der Waals surface area (Å²) in [6, 6.07) is 1.51. The van der Waals surface area contributed by atoms with Gasteiger partial charge in [-0.2, -0.15) is 0 Å². The summed E-state index contributed by atoms with van der Waals surface area (Å²) >= 11 is 0. The average molecular weight is 196 g/mol. The van der Waals surface area contributed by atoms with Crippen molar-refractivity contribution in [1.29, 1.82) is 0 Å². The minimum atomic E-state index is -1.20. The molecular formula is C9H12N2O3. The Hall–Kier alpha value is -1.49. The monoisotopic (exact) mass is 196 g/mol. The van der Waals surface area contributed by atoms with Crippen LogP contribution in [0.1, 0.15) is 36.6 Å². The third-order valence-electron chi connectivity index (χ3n) is 2.09. The van der Waals surface area contributed by atoms with E-state index in [0.29, 0.717) is 12.1 Å². The van der Waals surface area contributed by atoms with E-state index in [4.69, 9.17) is 5.11 Å². The zero-order valence-corrected chi connectivity index (χ0v) is 8.06. The summed E-state index contributed by atoms with van der Waals surface area (Å²) in [6.45, 7) is 3.38. The first kappa shape index (κ1) is 10.6. The van der Waals surface area contributed by atoms with Crippen LogP contribution in [-0.2, 0) is 5.60 Å². The van der Waals surface area contributed by atoms with Gasteiger partial charge in [0.15, 0.2) is 0 Å². The van der Waals surface area contributed by atoms with E-state index in [-0.39, 0.29) is 5.82 Å². The van der Waals surface area contributed by atoms with Crippen molar-refractivity contribution in [3.63, 3.8) is 0 Å². The SMILES string of the molecule is CCC(C)(O)c1ccnc(C(=O)O)n1. The summed E-state index contributed by atoms with van der Waals surface area (Å²) in [6.07, 6.45) is 1.79. The number of carbonyl (C=O) groups is 1. The largest absolute Gasteiger partial charge is 0.475 e. The third-order valence-corrected chi connectivity index (χ3v) is 2.09. The van der Waals surface area contributed by atoms with Gasteiger partial charge >= 0.3 is 5.97 Å². The number of nitrogens with zero attached hydrogens (tertiary/aromatic N) is 2. The number of hydrogen-bond donors (Lipinski definition) is 2. The van der Waals surface area contributed by atoms with Gasteiger partial charge < -0.3 is 10.2 Å². The maximum absolute atomic E-state index is 10.6. The van der Waals surface area contributed by atoms with Gasteiger partial charge in [0.1, 0.15) is 5.60 Å². The van der Waals surface area contributed by atoms with Crippen LogP contribution in [-0.4, -0.2) is 26.2 Å². The summed E-state index contributed by atoms with van der Waals surface area (Å²) < 4.78 is 0. The Kier molecular flexibility index (Phi) is 2.81. The summed E-state index contributed by atoms with van der Waals surface area (Å²) in [5.74, 6) is -1.49. The van der Waals surface area contributed by atoms with Crippen LogP contribution in [0, 0.1) is 0 Å². The molecule has 1 unspecified atom stereocenters. The highest BCUT2D eigenvalue weighted by Crippen LogP contribution is 2.21. The molecule has 0 aliphatic rings. The molecule has 0 aliphatic carbocycles. The Morgan fingerprint density at radius 1 is 1.64 bits per heavy atom. The molecule has 0 fully saturated rings. The average Bonchev–Trinajstić information content (AvgIpc) is 2.18. The van der Waals surface area contributed by atoms with Crippen molar-refractivity contribution in [3.05, 3.63) is 23.8 Å². The van der Waals surface area contributed by atoms with Gasteiger partial charge in [-0.25, -0.2) is 14.8 Å². The fourth-order valence-corrected chi connectivity index (χ4v) is 0.943. The van der Waals surface area contributed by atoms with Gasteiger partial charge in [0.2, 0.25) is 5.82 Å². The molecule has 0 bridgehead atoms. The van der Waals surface area contributed by atoms with Crippen molar-refractivity contribution in [2.45, 2.75) is 25.9 Å². The highest BCUT2D eigenvalue weighted by Gasteiger charge is 2.23. The number of carboxylic acids is 1. The smallest absolute Gasteiger partial charge is 0.373 e. The lowest BCUT2D eigenvalue weighted by Crippen LogP contribution is -2.23. The quantitative estimate of drug-likeness (QED) is 0.746. The molecule has 0 radical (unpaired) electrons. The van der Waals surface area contributed by atoms with Crippen LogP contribution in [0.15, 0.2) is 12.3 Å². The molecule has 0 saturated heterocycles. The number of aliphatic hydroxyl groups is 1. The van der Waals surface area contributed by atoms with Crippen LogP contribution in [0.2, 0.25) is 0 Å². The molecular weight excluding hydrogens is 184 g/mol. The second kappa shape index (κ2) is 3.71. The number of aromatic carboxylic acids is 1. The molecule has 0 saturated carbocycles. The molecule has 1 atom stereocenters. The highest BCUT2D eigenvalue weighted by atomic mass is 16.4. The number of aromatic nitrogens is 2. The number of hydrogen-bond acceptors (Lipinski definition) is 4. The zero-order valence-electron chi connectivity index (χ0n) is 8.06. The van der Waals surface area contributed by atoms with Gasteiger partial charge in [0.05, 0.1) is 5.69 Å². The molecule has 2 N–H and O–H groups in total. The molecule has 0 aliphatic heterocycles. The first-order valence-electron chi connectivity index (χ1n) is 4.26. The minimum absolute atomic E-state index is 0.295. The molecule has 76 valence electrons. The maximum atomic E-state index is 10.6. The standard InChI is InChI=1S/C9H12N2O3/c1-3-9(2,14)6-4-5-10-7(11-6)8(12)13/h4-5,14H,3H2,1-2H3,(H,12,13). The Labute approximate surface area is 81.4 Å². The van der Waals surface area contributed by atoms with E-state index in [1.54, 1.807) is 13.8 Å². The first-order chi connectivity index (χ1) is 6.47. The van der Waals surface area contributed by atoms with Crippen LogP contribution < -0.4 is 0 Å². The predicted molar refractivity (Wildman–Crippen MR) is 48.9 cm³/mol. The molecule has 0 spiro atoms. The van der Waals surface area contributed by atoms with Crippen molar-refractivity contribution >= 4 is 5.97 Å². The van der Waals surface area contributed by atoms with E-state index in [2.05, 4.69) is 9.97 Å². The molecule has 1 rings (SSSR count). The fraction of sp³-hybridized carbons (Fsp3) is 0.444. The predicted octanol–water partition coefficient (Wildman–Crippen LogP) is 0.792. The Bertz CT molecular complexity index is 350. The molecule has 0 amide bonds. The second-order valence-corrected chi connectivity index (χ2v) is 3.20. The lowest BCUT2D eigenvalue weighted by atomic mass is 9.99. The van der Waals surface area contributed by atoms with Crippen molar-refractivity contribution in [2.75, 3.05) is 0 Å². The van der Waals surface area contributed by atoms with E-state index in [1.807, 2.05) is 0 Å². The lowest BCUT2D eigenvalue weighted by Gasteiger charge is -2.20. The minimum Gasteiger partial charge on any atom is -0.475 e.